The van der Waals surface area contributed by atoms with Crippen LogP contribution in [0.5, 0.6) is 0 Å². The van der Waals surface area contributed by atoms with Crippen LogP contribution >= 0.6 is 0 Å². The Morgan fingerprint density at radius 1 is 1.10 bits per heavy atom. The Kier molecular flexibility index (Phi) is 5.67. The van der Waals surface area contributed by atoms with E-state index in [1.165, 1.54) is 11.0 Å². The minimum atomic E-state index is -4.93. The molecule has 158 valence electrons. The highest BCUT2D eigenvalue weighted by atomic mass is 19.4. The smallest absolute Gasteiger partial charge is 0.340 e. The minimum Gasteiger partial charge on any atom is -0.340 e. The van der Waals surface area contributed by atoms with E-state index >= 15 is 0 Å². The molecule has 0 spiro atoms. The van der Waals surface area contributed by atoms with Crippen molar-refractivity contribution in [1.82, 2.24) is 4.90 Å². The Balaban J connectivity index is 1.92. The fraction of sp³-hybridized carbons (Fsp3) is 0.556. The maximum Gasteiger partial charge on any atom is 0.433 e. The molecule has 0 saturated carbocycles. The molecule has 2 unspecified atom stereocenters. The van der Waals surface area contributed by atoms with Crippen LogP contribution in [0.3, 0.4) is 0 Å². The number of amides is 1. The maximum atomic E-state index is 13.5. The van der Waals surface area contributed by atoms with Gasteiger partial charge in [-0.25, -0.2) is 0 Å². The number of carbonyl (C=O) groups is 1. The molecule has 11 heteroatoms. The standard InChI is InChI=1S/C18H17F6N3O2/c19-17(20,21)13-8-12(5-4-11(13)9-25)27-10-14(29-16(27)18(22,23)24)15(28)26-6-2-1-3-7-26/h4-5,8,14,16H,1-3,6-7,10H2. The second kappa shape index (κ2) is 7.74. The van der Waals surface area contributed by atoms with E-state index in [9.17, 15) is 31.1 Å². The van der Waals surface area contributed by atoms with Gasteiger partial charge >= 0.3 is 12.4 Å². The molecule has 0 radical (unpaired) electrons. The summed E-state index contributed by atoms with van der Waals surface area (Å²) >= 11 is 0. The van der Waals surface area contributed by atoms with Crippen molar-refractivity contribution in [2.75, 3.05) is 24.5 Å². The van der Waals surface area contributed by atoms with Gasteiger partial charge in [-0.05, 0) is 37.5 Å². The van der Waals surface area contributed by atoms with Crippen molar-refractivity contribution >= 4 is 11.6 Å². The lowest BCUT2D eigenvalue weighted by Crippen LogP contribution is -2.43. The van der Waals surface area contributed by atoms with Crippen LogP contribution in [0.15, 0.2) is 18.2 Å². The van der Waals surface area contributed by atoms with Crippen molar-refractivity contribution < 1.29 is 35.9 Å². The number of alkyl halides is 6. The molecule has 0 N–H and O–H groups in total. The zero-order valence-electron chi connectivity index (χ0n) is 15.1. The molecule has 1 aromatic rings. The van der Waals surface area contributed by atoms with Gasteiger partial charge in [-0.15, -0.1) is 0 Å². The van der Waals surface area contributed by atoms with E-state index in [4.69, 9.17) is 10.00 Å². The summed E-state index contributed by atoms with van der Waals surface area (Å²) in [6.07, 6.45) is -11.5. The molecule has 0 aliphatic carbocycles. The van der Waals surface area contributed by atoms with Crippen LogP contribution in [0, 0.1) is 11.3 Å². The molecule has 1 amide bonds. The Labute approximate surface area is 162 Å². The topological polar surface area (TPSA) is 56.6 Å². The highest BCUT2D eigenvalue weighted by molar-refractivity contribution is 5.82. The van der Waals surface area contributed by atoms with Crippen molar-refractivity contribution in [3.63, 3.8) is 0 Å². The number of carbonyl (C=O) groups excluding carboxylic acids is 1. The summed E-state index contributed by atoms with van der Waals surface area (Å²) in [4.78, 5) is 14.6. The zero-order chi connectivity index (χ0) is 21.4. The first-order valence-electron chi connectivity index (χ1n) is 8.91. The predicted octanol–water partition coefficient (Wildman–Crippen LogP) is 3.68. The van der Waals surface area contributed by atoms with Gasteiger partial charge in [0.25, 0.3) is 5.91 Å². The average molecular weight is 421 g/mol. The Bertz CT molecular complexity index is 811. The van der Waals surface area contributed by atoms with Gasteiger partial charge in [-0.3, -0.25) is 4.79 Å². The lowest BCUT2D eigenvalue weighted by molar-refractivity contribution is -0.215. The number of likely N-dealkylation sites (tertiary alicyclic amines) is 1. The number of halogens is 6. The zero-order valence-corrected chi connectivity index (χ0v) is 15.1. The third kappa shape index (κ3) is 4.42. The summed E-state index contributed by atoms with van der Waals surface area (Å²) in [5.74, 6) is -0.605. The molecule has 3 rings (SSSR count). The summed E-state index contributed by atoms with van der Waals surface area (Å²) in [6, 6.07) is 3.66. The van der Waals surface area contributed by atoms with E-state index in [0.29, 0.717) is 24.1 Å². The van der Waals surface area contributed by atoms with Gasteiger partial charge in [0.1, 0.15) is 0 Å². The van der Waals surface area contributed by atoms with Crippen LogP contribution in [-0.4, -0.2) is 48.9 Å². The molecule has 2 aliphatic rings. The summed E-state index contributed by atoms with van der Waals surface area (Å²) in [5.41, 5.74) is -2.47. The van der Waals surface area contributed by atoms with Gasteiger partial charge in [0.2, 0.25) is 6.23 Å². The number of nitrogens with zero attached hydrogens (tertiary/aromatic N) is 3. The highest BCUT2D eigenvalue weighted by Gasteiger charge is 2.53. The van der Waals surface area contributed by atoms with E-state index in [1.807, 2.05) is 0 Å². The molecule has 1 aromatic carbocycles. The molecule has 5 nitrogen and oxygen atoms in total. The van der Waals surface area contributed by atoms with E-state index < -0.39 is 54.0 Å². The molecule has 0 bridgehead atoms. The predicted molar refractivity (Wildman–Crippen MR) is 88.7 cm³/mol. The summed E-state index contributed by atoms with van der Waals surface area (Å²) in [6.45, 7) is 0.275. The van der Waals surface area contributed by atoms with E-state index in [2.05, 4.69) is 0 Å². The number of anilines is 1. The number of benzene rings is 1. The van der Waals surface area contributed by atoms with Gasteiger partial charge in [-0.1, -0.05) is 0 Å². The highest BCUT2D eigenvalue weighted by Crippen LogP contribution is 2.39. The average Bonchev–Trinajstić information content (AvgIpc) is 3.13. The first-order valence-corrected chi connectivity index (χ1v) is 8.91. The van der Waals surface area contributed by atoms with E-state index in [0.717, 1.165) is 31.4 Å². The third-order valence-electron chi connectivity index (χ3n) is 4.92. The lowest BCUT2D eigenvalue weighted by Gasteiger charge is -2.28. The second-order valence-corrected chi connectivity index (χ2v) is 6.90. The number of nitriles is 1. The van der Waals surface area contributed by atoms with Crippen LogP contribution in [0.1, 0.15) is 30.4 Å². The van der Waals surface area contributed by atoms with Gasteiger partial charge in [0.15, 0.2) is 6.10 Å². The molecule has 2 aliphatic heterocycles. The Hall–Kier alpha value is -2.48. The molecule has 29 heavy (non-hydrogen) atoms. The van der Waals surface area contributed by atoms with Crippen LogP contribution in [0.25, 0.3) is 0 Å². The third-order valence-corrected chi connectivity index (χ3v) is 4.92. The van der Waals surface area contributed by atoms with Crippen molar-refractivity contribution in [3.8, 4) is 6.07 Å². The number of rotatable bonds is 2. The Morgan fingerprint density at radius 3 is 2.31 bits per heavy atom. The van der Waals surface area contributed by atoms with Gasteiger partial charge < -0.3 is 14.5 Å². The Morgan fingerprint density at radius 2 is 1.76 bits per heavy atom. The molecule has 0 aromatic heterocycles. The van der Waals surface area contributed by atoms with Crippen molar-refractivity contribution in [2.45, 2.75) is 43.9 Å². The van der Waals surface area contributed by atoms with Crippen molar-refractivity contribution in [1.29, 1.82) is 5.26 Å². The quantitative estimate of drug-likeness (QED) is 0.684. The summed E-state index contributed by atoms with van der Waals surface area (Å²) < 4.78 is 85.0. The number of hydrogen-bond acceptors (Lipinski definition) is 4. The second-order valence-electron chi connectivity index (χ2n) is 6.90. The van der Waals surface area contributed by atoms with Crippen molar-refractivity contribution in [2.24, 2.45) is 0 Å². The first kappa shape index (κ1) is 21.2. The first-order chi connectivity index (χ1) is 13.5. The maximum absolute atomic E-state index is 13.5. The van der Waals surface area contributed by atoms with E-state index in [-0.39, 0.29) is 0 Å². The van der Waals surface area contributed by atoms with Gasteiger partial charge in [0.05, 0.1) is 23.7 Å². The van der Waals surface area contributed by atoms with Crippen LogP contribution in [0.2, 0.25) is 0 Å². The lowest BCUT2D eigenvalue weighted by atomic mass is 10.1. The van der Waals surface area contributed by atoms with Crippen LogP contribution < -0.4 is 4.90 Å². The normalized spacial score (nSPS) is 23.2. The van der Waals surface area contributed by atoms with Gasteiger partial charge in [-0.2, -0.15) is 31.6 Å². The molecule has 2 fully saturated rings. The molecule has 2 saturated heterocycles. The number of ether oxygens (including phenoxy) is 1. The SMILES string of the molecule is N#Cc1ccc(N2CC(C(=O)N3CCCCC3)OC2C(F)(F)F)cc1C(F)(F)F. The molecule has 2 atom stereocenters. The summed E-state index contributed by atoms with van der Waals surface area (Å²) in [5, 5.41) is 8.86. The molecular weight excluding hydrogens is 404 g/mol. The van der Waals surface area contributed by atoms with Gasteiger partial charge in [0, 0.05) is 18.8 Å². The largest absolute Gasteiger partial charge is 0.433 e. The fourth-order valence-corrected chi connectivity index (χ4v) is 3.54. The molecule has 2 heterocycles. The fourth-order valence-electron chi connectivity index (χ4n) is 3.54. The van der Waals surface area contributed by atoms with E-state index in [1.54, 1.807) is 0 Å². The summed E-state index contributed by atoms with van der Waals surface area (Å²) in [7, 11) is 0. The minimum absolute atomic E-state index is 0.407. The van der Waals surface area contributed by atoms with Crippen LogP contribution in [0.4, 0.5) is 32.0 Å². The van der Waals surface area contributed by atoms with Crippen molar-refractivity contribution in [3.05, 3.63) is 29.3 Å². The monoisotopic (exact) mass is 421 g/mol. The van der Waals surface area contributed by atoms with Crippen LogP contribution in [-0.2, 0) is 15.7 Å². The molecular formula is C18H17F6N3O2. The number of piperidine rings is 1. The number of hydrogen-bond donors (Lipinski definition) is 0.